The Morgan fingerprint density at radius 3 is 2.81 bits per heavy atom. The standard InChI is InChI=1S/C20H27N5O2/c1-4-27-20(26)17-13-22-18-7-6-14(15-11-23-24-12-15)10-16(18)19(17)21-8-5-9-25(2)3/h6-7,10-13,20,26H,4-5,8-9H2,1-3H3,(H,21,22)(H,23,24). The van der Waals surface area contributed by atoms with Crippen molar-refractivity contribution in [3.63, 3.8) is 0 Å². The molecule has 3 rings (SSSR count). The average molecular weight is 369 g/mol. The van der Waals surface area contributed by atoms with Crippen LogP contribution in [0.25, 0.3) is 22.0 Å². The van der Waals surface area contributed by atoms with Gasteiger partial charge in [0.15, 0.2) is 6.29 Å². The van der Waals surface area contributed by atoms with E-state index in [1.165, 1.54) is 0 Å². The third-order valence-electron chi connectivity index (χ3n) is 4.40. The summed E-state index contributed by atoms with van der Waals surface area (Å²) in [5.41, 5.74) is 4.43. The van der Waals surface area contributed by atoms with Crippen LogP contribution in [0.1, 0.15) is 25.2 Å². The van der Waals surface area contributed by atoms with Gasteiger partial charge < -0.3 is 20.1 Å². The van der Waals surface area contributed by atoms with E-state index in [0.29, 0.717) is 12.2 Å². The van der Waals surface area contributed by atoms with E-state index < -0.39 is 6.29 Å². The Bertz CT molecular complexity index is 864. The zero-order valence-electron chi connectivity index (χ0n) is 16.1. The van der Waals surface area contributed by atoms with Crippen LogP contribution in [0.2, 0.25) is 0 Å². The van der Waals surface area contributed by atoms with Crippen LogP contribution in [0.4, 0.5) is 5.69 Å². The molecule has 0 amide bonds. The molecule has 0 radical (unpaired) electrons. The van der Waals surface area contributed by atoms with E-state index in [9.17, 15) is 5.11 Å². The lowest BCUT2D eigenvalue weighted by Crippen LogP contribution is -2.17. The van der Waals surface area contributed by atoms with E-state index >= 15 is 0 Å². The smallest absolute Gasteiger partial charge is 0.184 e. The van der Waals surface area contributed by atoms with Crippen LogP contribution in [0, 0.1) is 0 Å². The Hall–Kier alpha value is -2.48. The monoisotopic (exact) mass is 369 g/mol. The molecule has 27 heavy (non-hydrogen) atoms. The second-order valence-corrected chi connectivity index (χ2v) is 6.70. The zero-order chi connectivity index (χ0) is 19.2. The molecule has 0 saturated heterocycles. The average Bonchev–Trinajstić information content (AvgIpc) is 3.19. The number of pyridine rings is 1. The molecule has 2 aromatic heterocycles. The fourth-order valence-electron chi connectivity index (χ4n) is 3.04. The topological polar surface area (TPSA) is 86.3 Å². The number of aromatic nitrogens is 3. The van der Waals surface area contributed by atoms with Crippen molar-refractivity contribution in [2.45, 2.75) is 19.6 Å². The summed E-state index contributed by atoms with van der Waals surface area (Å²) in [6.07, 6.45) is 5.31. The number of hydrogen-bond acceptors (Lipinski definition) is 6. The van der Waals surface area contributed by atoms with E-state index in [2.05, 4.69) is 45.6 Å². The number of ether oxygens (including phenoxy) is 1. The van der Waals surface area contributed by atoms with Crippen LogP contribution in [0.5, 0.6) is 0 Å². The molecule has 144 valence electrons. The molecule has 3 N–H and O–H groups in total. The number of hydrogen-bond donors (Lipinski definition) is 3. The minimum Gasteiger partial charge on any atom is -0.384 e. The molecule has 0 aliphatic heterocycles. The molecular formula is C20H27N5O2. The van der Waals surface area contributed by atoms with Gasteiger partial charge in [0.05, 0.1) is 17.4 Å². The molecule has 0 bridgehead atoms. The lowest BCUT2D eigenvalue weighted by atomic mass is 10.0. The second-order valence-electron chi connectivity index (χ2n) is 6.70. The van der Waals surface area contributed by atoms with Gasteiger partial charge in [-0.15, -0.1) is 0 Å². The quantitative estimate of drug-likeness (QED) is 0.397. The van der Waals surface area contributed by atoms with Crippen molar-refractivity contribution in [3.05, 3.63) is 42.4 Å². The molecule has 1 unspecified atom stereocenters. The zero-order valence-corrected chi connectivity index (χ0v) is 16.1. The molecular weight excluding hydrogens is 342 g/mol. The van der Waals surface area contributed by atoms with Crippen LogP contribution in [-0.2, 0) is 4.74 Å². The molecule has 0 fully saturated rings. The van der Waals surface area contributed by atoms with Crippen LogP contribution in [0.3, 0.4) is 0 Å². The number of nitrogens with zero attached hydrogens (tertiary/aromatic N) is 3. The number of benzene rings is 1. The van der Waals surface area contributed by atoms with Crippen molar-refractivity contribution < 1.29 is 9.84 Å². The number of aliphatic hydroxyl groups excluding tert-OH is 1. The number of fused-ring (bicyclic) bond motifs is 1. The largest absolute Gasteiger partial charge is 0.384 e. The predicted molar refractivity (Wildman–Crippen MR) is 108 cm³/mol. The maximum Gasteiger partial charge on any atom is 0.184 e. The minimum absolute atomic E-state index is 0.425. The first kappa shape index (κ1) is 19.3. The van der Waals surface area contributed by atoms with E-state index in [-0.39, 0.29) is 0 Å². The van der Waals surface area contributed by atoms with Gasteiger partial charge in [0.25, 0.3) is 0 Å². The third kappa shape index (κ3) is 4.63. The molecule has 0 saturated carbocycles. The highest BCUT2D eigenvalue weighted by Crippen LogP contribution is 2.33. The molecule has 0 aliphatic carbocycles. The van der Waals surface area contributed by atoms with Crippen LogP contribution in [0.15, 0.2) is 36.8 Å². The van der Waals surface area contributed by atoms with Crippen molar-refractivity contribution in [3.8, 4) is 11.1 Å². The number of anilines is 1. The summed E-state index contributed by atoms with van der Waals surface area (Å²) in [6, 6.07) is 6.08. The van der Waals surface area contributed by atoms with Gasteiger partial charge in [-0.05, 0) is 51.7 Å². The first-order valence-electron chi connectivity index (χ1n) is 9.20. The van der Waals surface area contributed by atoms with Gasteiger partial charge in [0.2, 0.25) is 0 Å². The minimum atomic E-state index is -1.01. The van der Waals surface area contributed by atoms with Gasteiger partial charge >= 0.3 is 0 Å². The number of rotatable bonds is 9. The number of nitrogens with one attached hydrogen (secondary N) is 2. The van der Waals surface area contributed by atoms with Crippen molar-refractivity contribution in [2.24, 2.45) is 0 Å². The molecule has 1 aromatic carbocycles. The molecule has 1 atom stereocenters. The van der Waals surface area contributed by atoms with E-state index in [1.54, 1.807) is 12.4 Å². The maximum atomic E-state index is 10.4. The van der Waals surface area contributed by atoms with Gasteiger partial charge in [-0.1, -0.05) is 6.07 Å². The summed E-state index contributed by atoms with van der Waals surface area (Å²) in [6.45, 7) is 4.06. The van der Waals surface area contributed by atoms with Gasteiger partial charge in [0, 0.05) is 42.1 Å². The summed E-state index contributed by atoms with van der Waals surface area (Å²) in [5.74, 6) is 0. The maximum absolute atomic E-state index is 10.4. The molecule has 0 spiro atoms. The highest BCUT2D eigenvalue weighted by atomic mass is 16.6. The summed E-state index contributed by atoms with van der Waals surface area (Å²) >= 11 is 0. The molecule has 3 aromatic rings. The number of aromatic amines is 1. The fourth-order valence-corrected chi connectivity index (χ4v) is 3.04. The Balaban J connectivity index is 2.00. The van der Waals surface area contributed by atoms with E-state index in [0.717, 1.165) is 47.2 Å². The lowest BCUT2D eigenvalue weighted by Gasteiger charge is -2.19. The Morgan fingerprint density at radius 1 is 1.26 bits per heavy atom. The van der Waals surface area contributed by atoms with Crippen molar-refractivity contribution in [1.82, 2.24) is 20.1 Å². The Kier molecular flexibility index (Phi) is 6.39. The van der Waals surface area contributed by atoms with E-state index in [4.69, 9.17) is 4.74 Å². The molecule has 7 heteroatoms. The fraction of sp³-hybridized carbons (Fsp3) is 0.400. The number of aliphatic hydroxyl groups is 1. The highest BCUT2D eigenvalue weighted by molar-refractivity contribution is 5.95. The van der Waals surface area contributed by atoms with Gasteiger partial charge in [0.1, 0.15) is 0 Å². The molecule has 7 nitrogen and oxygen atoms in total. The van der Waals surface area contributed by atoms with Crippen LogP contribution >= 0.6 is 0 Å². The predicted octanol–water partition coefficient (Wildman–Crippen LogP) is 3.02. The van der Waals surface area contributed by atoms with Gasteiger partial charge in [-0.2, -0.15) is 5.10 Å². The van der Waals surface area contributed by atoms with Crippen molar-refractivity contribution >= 4 is 16.6 Å². The van der Waals surface area contributed by atoms with Crippen LogP contribution in [-0.4, -0.2) is 59.0 Å². The van der Waals surface area contributed by atoms with Gasteiger partial charge in [-0.3, -0.25) is 10.1 Å². The Labute approximate surface area is 159 Å². The summed E-state index contributed by atoms with van der Waals surface area (Å²) in [5, 5.41) is 21.8. The Morgan fingerprint density at radius 2 is 2.11 bits per heavy atom. The molecule has 0 aliphatic rings. The third-order valence-corrected chi connectivity index (χ3v) is 4.40. The SMILES string of the molecule is CCOC(O)c1cnc2ccc(-c3cn[nH]c3)cc2c1NCCCN(C)C. The summed E-state index contributed by atoms with van der Waals surface area (Å²) in [4.78, 5) is 6.66. The first-order chi connectivity index (χ1) is 13.1. The summed E-state index contributed by atoms with van der Waals surface area (Å²) in [7, 11) is 4.12. The highest BCUT2D eigenvalue weighted by Gasteiger charge is 2.17. The van der Waals surface area contributed by atoms with Crippen LogP contribution < -0.4 is 5.32 Å². The summed E-state index contributed by atoms with van der Waals surface area (Å²) < 4.78 is 5.42. The lowest BCUT2D eigenvalue weighted by molar-refractivity contribution is -0.0976. The van der Waals surface area contributed by atoms with E-state index in [1.807, 2.05) is 25.3 Å². The normalized spacial score (nSPS) is 12.6. The number of H-pyrrole nitrogens is 1. The van der Waals surface area contributed by atoms with Crippen molar-refractivity contribution in [2.75, 3.05) is 39.1 Å². The van der Waals surface area contributed by atoms with Gasteiger partial charge in [-0.25, -0.2) is 0 Å². The first-order valence-corrected chi connectivity index (χ1v) is 9.20. The molecule has 2 heterocycles. The van der Waals surface area contributed by atoms with Crippen molar-refractivity contribution in [1.29, 1.82) is 0 Å². The second kappa shape index (κ2) is 8.94.